The van der Waals surface area contributed by atoms with Crippen LogP contribution in [-0.4, -0.2) is 18.6 Å². The van der Waals surface area contributed by atoms with Gasteiger partial charge < -0.3 is 9.84 Å². The molecule has 3 rings (SSSR count). The van der Waals surface area contributed by atoms with Gasteiger partial charge in [0.1, 0.15) is 11.6 Å². The van der Waals surface area contributed by atoms with Crippen LogP contribution in [0, 0.1) is 27.7 Å². The minimum Gasteiger partial charge on any atom is -0.360 e. The highest BCUT2D eigenvalue weighted by Crippen LogP contribution is 2.24. The van der Waals surface area contributed by atoms with Gasteiger partial charge in [-0.15, -0.1) is 0 Å². The molecule has 2 heterocycles. The molecule has 0 atom stereocenters. The molecule has 0 saturated carbocycles. The van der Waals surface area contributed by atoms with Crippen molar-refractivity contribution in [1.82, 2.24) is 10.1 Å². The highest BCUT2D eigenvalue weighted by atomic mass is 32.2. The molecule has 0 aliphatic heterocycles. The van der Waals surface area contributed by atoms with Gasteiger partial charge >= 0.3 is 0 Å². The molecule has 0 unspecified atom stereocenters. The Morgan fingerprint density at radius 1 is 0.962 bits per heavy atom. The Morgan fingerprint density at radius 2 is 1.65 bits per heavy atom. The number of nitrogens with zero attached hydrogens (tertiary/aromatic N) is 2. The molecule has 2 N–H and O–H groups in total. The lowest BCUT2D eigenvalue weighted by Crippen LogP contribution is -2.16. The van der Waals surface area contributed by atoms with E-state index in [0.717, 1.165) is 5.56 Å². The third-order valence-corrected chi connectivity index (χ3v) is 5.44. The van der Waals surface area contributed by atoms with E-state index < -0.39 is 10.0 Å². The average Bonchev–Trinajstić information content (AvgIpc) is 2.92. The fourth-order valence-electron chi connectivity index (χ4n) is 2.88. The van der Waals surface area contributed by atoms with Gasteiger partial charge in [0.15, 0.2) is 5.82 Å². The molecule has 3 aromatic rings. The van der Waals surface area contributed by atoms with Gasteiger partial charge in [-0.2, -0.15) is 0 Å². The SMILES string of the molecule is Cc1cc(C)c(S(=O)(=O)Nc2ccc(Nc3cc(C)on3)cn2)c(C)c1. The summed E-state index contributed by atoms with van der Waals surface area (Å²) in [6, 6.07) is 8.75. The van der Waals surface area contributed by atoms with E-state index >= 15 is 0 Å². The summed E-state index contributed by atoms with van der Waals surface area (Å²) in [5.41, 5.74) is 3.10. The van der Waals surface area contributed by atoms with Crippen LogP contribution in [0.4, 0.5) is 17.3 Å². The van der Waals surface area contributed by atoms with Crippen LogP contribution >= 0.6 is 0 Å². The molecule has 2 aromatic heterocycles. The van der Waals surface area contributed by atoms with Crippen LogP contribution < -0.4 is 10.0 Å². The summed E-state index contributed by atoms with van der Waals surface area (Å²) >= 11 is 0. The Labute approximate surface area is 152 Å². The monoisotopic (exact) mass is 372 g/mol. The van der Waals surface area contributed by atoms with Crippen molar-refractivity contribution in [2.24, 2.45) is 0 Å². The highest BCUT2D eigenvalue weighted by molar-refractivity contribution is 7.92. The fraction of sp³-hybridized carbons (Fsp3) is 0.222. The molecule has 136 valence electrons. The van der Waals surface area contributed by atoms with E-state index in [2.05, 4.69) is 20.2 Å². The number of benzene rings is 1. The first-order valence-electron chi connectivity index (χ1n) is 8.02. The van der Waals surface area contributed by atoms with E-state index in [9.17, 15) is 8.42 Å². The van der Waals surface area contributed by atoms with E-state index in [1.54, 1.807) is 39.0 Å². The average molecular weight is 372 g/mol. The van der Waals surface area contributed by atoms with E-state index in [4.69, 9.17) is 4.52 Å². The van der Waals surface area contributed by atoms with Gasteiger partial charge in [0.2, 0.25) is 0 Å². The first-order valence-corrected chi connectivity index (χ1v) is 9.50. The van der Waals surface area contributed by atoms with Gasteiger partial charge in [0.05, 0.1) is 16.8 Å². The minimum absolute atomic E-state index is 0.242. The van der Waals surface area contributed by atoms with Gasteiger partial charge in [0, 0.05) is 6.07 Å². The normalized spacial score (nSPS) is 11.4. The smallest absolute Gasteiger partial charge is 0.263 e. The number of sulfonamides is 1. The fourth-order valence-corrected chi connectivity index (χ4v) is 4.34. The number of aromatic nitrogens is 2. The second-order valence-corrected chi connectivity index (χ2v) is 7.83. The molecule has 0 fully saturated rings. The van der Waals surface area contributed by atoms with Crippen LogP contribution in [0.1, 0.15) is 22.5 Å². The van der Waals surface area contributed by atoms with Crippen LogP contribution in [0.25, 0.3) is 0 Å². The first kappa shape index (κ1) is 17.9. The maximum Gasteiger partial charge on any atom is 0.263 e. The van der Waals surface area contributed by atoms with Crippen LogP contribution in [0.2, 0.25) is 0 Å². The molecule has 1 aromatic carbocycles. The van der Waals surface area contributed by atoms with E-state index in [1.807, 2.05) is 19.1 Å². The zero-order valence-corrected chi connectivity index (χ0v) is 15.8. The lowest BCUT2D eigenvalue weighted by atomic mass is 10.1. The predicted molar refractivity (Wildman–Crippen MR) is 100 cm³/mol. The van der Waals surface area contributed by atoms with Gasteiger partial charge in [0.25, 0.3) is 10.0 Å². The van der Waals surface area contributed by atoms with E-state index in [1.165, 1.54) is 6.20 Å². The molecule has 0 radical (unpaired) electrons. The summed E-state index contributed by atoms with van der Waals surface area (Å²) in [6.45, 7) is 7.31. The van der Waals surface area contributed by atoms with Crippen LogP contribution in [-0.2, 0) is 10.0 Å². The van der Waals surface area contributed by atoms with Crippen molar-refractivity contribution in [3.8, 4) is 0 Å². The first-order chi connectivity index (χ1) is 12.2. The molecule has 0 aliphatic rings. The standard InChI is InChI=1S/C18H20N4O3S/c1-11-7-12(2)18(13(3)8-11)26(23,24)22-16-6-5-15(10-19-16)20-17-9-14(4)25-21-17/h5-10H,1-4H3,(H,19,22)(H,20,21). The molecule has 0 aliphatic carbocycles. The van der Waals surface area contributed by atoms with Gasteiger partial charge in [-0.3, -0.25) is 4.72 Å². The molecule has 0 amide bonds. The Balaban J connectivity index is 1.80. The summed E-state index contributed by atoms with van der Waals surface area (Å²) < 4.78 is 33.0. The van der Waals surface area contributed by atoms with Gasteiger partial charge in [-0.25, -0.2) is 13.4 Å². The molecular weight excluding hydrogens is 352 g/mol. The minimum atomic E-state index is -3.72. The Morgan fingerprint density at radius 3 is 2.19 bits per heavy atom. The second-order valence-electron chi connectivity index (χ2n) is 6.21. The van der Waals surface area contributed by atoms with Gasteiger partial charge in [-0.05, 0) is 51.0 Å². The Kier molecular flexibility index (Phi) is 4.69. The quantitative estimate of drug-likeness (QED) is 0.706. The van der Waals surface area contributed by atoms with Crippen molar-refractivity contribution in [2.45, 2.75) is 32.6 Å². The molecule has 26 heavy (non-hydrogen) atoms. The summed E-state index contributed by atoms with van der Waals surface area (Å²) in [7, 11) is -3.72. The molecule has 7 nitrogen and oxygen atoms in total. The predicted octanol–water partition coefficient (Wildman–Crippen LogP) is 3.85. The zero-order chi connectivity index (χ0) is 18.9. The highest BCUT2D eigenvalue weighted by Gasteiger charge is 2.20. The third-order valence-electron chi connectivity index (χ3n) is 3.78. The van der Waals surface area contributed by atoms with Crippen molar-refractivity contribution in [1.29, 1.82) is 0 Å². The molecule has 0 bridgehead atoms. The summed E-state index contributed by atoms with van der Waals surface area (Å²) in [6.07, 6.45) is 1.52. The van der Waals surface area contributed by atoms with Crippen molar-refractivity contribution >= 4 is 27.3 Å². The maximum atomic E-state index is 12.7. The second kappa shape index (κ2) is 6.80. The van der Waals surface area contributed by atoms with E-state index in [-0.39, 0.29) is 10.7 Å². The topological polar surface area (TPSA) is 97.1 Å². The van der Waals surface area contributed by atoms with Crippen molar-refractivity contribution in [3.63, 3.8) is 0 Å². The van der Waals surface area contributed by atoms with Crippen molar-refractivity contribution in [2.75, 3.05) is 10.0 Å². The number of pyridine rings is 1. The van der Waals surface area contributed by atoms with Crippen LogP contribution in [0.15, 0.2) is 45.9 Å². The van der Waals surface area contributed by atoms with E-state index in [0.29, 0.717) is 28.4 Å². The Hall–Kier alpha value is -2.87. The lowest BCUT2D eigenvalue weighted by molar-refractivity contribution is 0.400. The number of anilines is 3. The summed E-state index contributed by atoms with van der Waals surface area (Å²) in [4.78, 5) is 4.44. The largest absolute Gasteiger partial charge is 0.360 e. The number of nitrogens with one attached hydrogen (secondary N) is 2. The number of hydrogen-bond donors (Lipinski definition) is 2. The van der Waals surface area contributed by atoms with Crippen LogP contribution in [0.5, 0.6) is 0 Å². The Bertz CT molecular complexity index is 1020. The summed E-state index contributed by atoms with van der Waals surface area (Å²) in [5.74, 6) is 1.49. The lowest BCUT2D eigenvalue weighted by Gasteiger charge is -2.13. The summed E-state index contributed by atoms with van der Waals surface area (Å²) in [5, 5.41) is 6.86. The number of aryl methyl sites for hydroxylation is 4. The maximum absolute atomic E-state index is 12.7. The molecule has 0 spiro atoms. The third kappa shape index (κ3) is 3.85. The molecule has 8 heteroatoms. The molecular formula is C18H20N4O3S. The van der Waals surface area contributed by atoms with Crippen molar-refractivity contribution in [3.05, 3.63) is 59.0 Å². The zero-order valence-electron chi connectivity index (χ0n) is 15.0. The van der Waals surface area contributed by atoms with Crippen LogP contribution in [0.3, 0.4) is 0 Å². The van der Waals surface area contributed by atoms with Gasteiger partial charge in [-0.1, -0.05) is 22.9 Å². The van der Waals surface area contributed by atoms with Crippen molar-refractivity contribution < 1.29 is 12.9 Å². The number of rotatable bonds is 5. The number of hydrogen-bond acceptors (Lipinski definition) is 6. The molecule has 0 saturated heterocycles.